The van der Waals surface area contributed by atoms with Crippen LogP contribution in [0, 0.1) is 0 Å². The average molecular weight is 339 g/mol. The Hall–Kier alpha value is -2.89. The Balaban J connectivity index is 1.38. The van der Waals surface area contributed by atoms with Crippen molar-refractivity contribution in [3.63, 3.8) is 0 Å². The van der Waals surface area contributed by atoms with Gasteiger partial charge in [-0.15, -0.1) is 0 Å². The van der Waals surface area contributed by atoms with Crippen molar-refractivity contribution in [2.24, 2.45) is 0 Å². The van der Waals surface area contributed by atoms with Crippen molar-refractivity contribution in [2.75, 3.05) is 6.54 Å². The number of carbonyl (C=O) groups excluding carboxylic acids is 1. The Bertz CT molecular complexity index is 781. The van der Waals surface area contributed by atoms with Crippen LogP contribution >= 0.6 is 0 Å². The van der Waals surface area contributed by atoms with Crippen molar-refractivity contribution in [1.82, 2.24) is 15.5 Å². The van der Waals surface area contributed by atoms with Gasteiger partial charge in [0.15, 0.2) is 5.76 Å². The number of hydrogen-bond donors (Lipinski definition) is 1. The lowest BCUT2D eigenvalue weighted by atomic mass is 9.98. The van der Waals surface area contributed by atoms with Gasteiger partial charge in [-0.2, -0.15) is 4.98 Å². The SMILES string of the molecule is C[C@@H](CCNC(=O)CCc1nc(-c2ccco2)no1)c1ccccc1. The third-order valence-electron chi connectivity index (χ3n) is 4.04. The van der Waals surface area contributed by atoms with Crippen LogP contribution in [0.2, 0.25) is 0 Å². The lowest BCUT2D eigenvalue weighted by Crippen LogP contribution is -2.25. The molecule has 1 atom stereocenters. The van der Waals surface area contributed by atoms with E-state index in [0.717, 1.165) is 6.42 Å². The normalized spacial score (nSPS) is 12.0. The number of carbonyl (C=O) groups is 1. The third kappa shape index (κ3) is 4.79. The highest BCUT2D eigenvalue weighted by molar-refractivity contribution is 5.75. The van der Waals surface area contributed by atoms with Gasteiger partial charge in [0, 0.05) is 19.4 Å². The van der Waals surface area contributed by atoms with Gasteiger partial charge in [-0.25, -0.2) is 0 Å². The first-order chi connectivity index (χ1) is 12.2. The molecule has 3 aromatic rings. The van der Waals surface area contributed by atoms with Gasteiger partial charge in [0.2, 0.25) is 17.6 Å². The third-order valence-corrected chi connectivity index (χ3v) is 4.04. The number of hydrogen-bond acceptors (Lipinski definition) is 5. The molecule has 1 aromatic carbocycles. The summed E-state index contributed by atoms with van der Waals surface area (Å²) in [7, 11) is 0. The number of aryl methyl sites for hydroxylation is 1. The molecule has 0 fully saturated rings. The molecule has 0 bridgehead atoms. The Kier molecular flexibility index (Phi) is 5.61. The summed E-state index contributed by atoms with van der Waals surface area (Å²) in [5.74, 6) is 1.77. The molecule has 0 unspecified atom stereocenters. The first-order valence-electron chi connectivity index (χ1n) is 8.40. The van der Waals surface area contributed by atoms with E-state index in [9.17, 15) is 4.79 Å². The van der Waals surface area contributed by atoms with Gasteiger partial charge in [0.1, 0.15) is 0 Å². The highest BCUT2D eigenvalue weighted by Gasteiger charge is 2.12. The molecule has 0 saturated heterocycles. The van der Waals surface area contributed by atoms with Crippen LogP contribution in [0.3, 0.4) is 0 Å². The van der Waals surface area contributed by atoms with Crippen LogP contribution in [0.25, 0.3) is 11.6 Å². The van der Waals surface area contributed by atoms with E-state index >= 15 is 0 Å². The summed E-state index contributed by atoms with van der Waals surface area (Å²) >= 11 is 0. The fourth-order valence-electron chi connectivity index (χ4n) is 2.55. The second-order valence-electron chi connectivity index (χ2n) is 5.94. The molecule has 0 aliphatic carbocycles. The van der Waals surface area contributed by atoms with Crippen LogP contribution in [0.1, 0.15) is 37.1 Å². The molecule has 25 heavy (non-hydrogen) atoms. The summed E-state index contributed by atoms with van der Waals surface area (Å²) in [5, 5.41) is 6.78. The number of furan rings is 1. The fraction of sp³-hybridized carbons (Fsp3) is 0.316. The predicted molar refractivity (Wildman–Crippen MR) is 92.8 cm³/mol. The summed E-state index contributed by atoms with van der Waals surface area (Å²) in [4.78, 5) is 16.2. The van der Waals surface area contributed by atoms with E-state index in [4.69, 9.17) is 8.94 Å². The minimum absolute atomic E-state index is 0.0157. The van der Waals surface area contributed by atoms with Gasteiger partial charge in [-0.1, -0.05) is 42.4 Å². The minimum atomic E-state index is -0.0157. The highest BCUT2D eigenvalue weighted by Crippen LogP contribution is 2.18. The van der Waals surface area contributed by atoms with Gasteiger partial charge < -0.3 is 14.3 Å². The number of benzene rings is 1. The standard InChI is InChI=1S/C19H21N3O3/c1-14(15-6-3-2-4-7-15)11-12-20-17(23)9-10-18-21-19(22-25-18)16-8-5-13-24-16/h2-8,13-14H,9-12H2,1H3,(H,20,23)/t14-/m0/s1. The quantitative estimate of drug-likeness (QED) is 0.678. The Labute approximate surface area is 146 Å². The van der Waals surface area contributed by atoms with Crippen LogP contribution in [-0.4, -0.2) is 22.6 Å². The highest BCUT2D eigenvalue weighted by atomic mass is 16.5. The van der Waals surface area contributed by atoms with Crippen LogP contribution in [0.5, 0.6) is 0 Å². The molecule has 0 aliphatic heterocycles. The molecule has 0 spiro atoms. The van der Waals surface area contributed by atoms with Crippen LogP contribution in [0.15, 0.2) is 57.7 Å². The molecule has 0 aliphatic rings. The summed E-state index contributed by atoms with van der Waals surface area (Å²) in [6, 6.07) is 13.8. The maximum absolute atomic E-state index is 12.0. The second-order valence-corrected chi connectivity index (χ2v) is 5.94. The lowest BCUT2D eigenvalue weighted by molar-refractivity contribution is -0.121. The second kappa shape index (κ2) is 8.28. The van der Waals surface area contributed by atoms with Crippen LogP contribution in [-0.2, 0) is 11.2 Å². The molecular formula is C19H21N3O3. The molecule has 6 heteroatoms. The molecule has 1 N–H and O–H groups in total. The molecule has 3 rings (SSSR count). The summed E-state index contributed by atoms with van der Waals surface area (Å²) in [5.41, 5.74) is 1.29. The molecule has 2 heterocycles. The Morgan fingerprint density at radius 2 is 2.04 bits per heavy atom. The number of aromatic nitrogens is 2. The summed E-state index contributed by atoms with van der Waals surface area (Å²) < 4.78 is 10.3. The van der Waals surface area contributed by atoms with Crippen molar-refractivity contribution in [2.45, 2.75) is 32.1 Å². The van der Waals surface area contributed by atoms with Crippen LogP contribution < -0.4 is 5.32 Å². The number of amides is 1. The Morgan fingerprint density at radius 3 is 2.80 bits per heavy atom. The number of rotatable bonds is 8. The van der Waals surface area contributed by atoms with E-state index in [-0.39, 0.29) is 5.91 Å². The van der Waals surface area contributed by atoms with E-state index in [1.54, 1.807) is 18.4 Å². The molecule has 130 valence electrons. The van der Waals surface area contributed by atoms with Gasteiger partial charge in [-0.3, -0.25) is 4.79 Å². The largest absolute Gasteiger partial charge is 0.461 e. The van der Waals surface area contributed by atoms with E-state index in [2.05, 4.69) is 34.5 Å². The molecule has 0 radical (unpaired) electrons. The monoisotopic (exact) mass is 339 g/mol. The zero-order valence-electron chi connectivity index (χ0n) is 14.1. The van der Waals surface area contributed by atoms with E-state index in [1.165, 1.54) is 5.56 Å². The van der Waals surface area contributed by atoms with Gasteiger partial charge in [0.05, 0.1) is 6.26 Å². The molecule has 2 aromatic heterocycles. The van der Waals surface area contributed by atoms with Gasteiger partial charge >= 0.3 is 0 Å². The average Bonchev–Trinajstić information content (AvgIpc) is 3.32. The first kappa shape index (κ1) is 17.0. The van der Waals surface area contributed by atoms with Crippen molar-refractivity contribution in [3.05, 3.63) is 60.2 Å². The van der Waals surface area contributed by atoms with Crippen molar-refractivity contribution in [1.29, 1.82) is 0 Å². The molecule has 6 nitrogen and oxygen atoms in total. The number of nitrogens with zero attached hydrogens (tertiary/aromatic N) is 2. The zero-order valence-corrected chi connectivity index (χ0v) is 14.1. The lowest BCUT2D eigenvalue weighted by Gasteiger charge is -2.12. The summed E-state index contributed by atoms with van der Waals surface area (Å²) in [6.45, 7) is 2.81. The predicted octanol–water partition coefficient (Wildman–Crippen LogP) is 3.57. The van der Waals surface area contributed by atoms with Crippen molar-refractivity contribution in [3.8, 4) is 11.6 Å². The summed E-state index contributed by atoms with van der Waals surface area (Å²) in [6.07, 6.45) is 3.18. The topological polar surface area (TPSA) is 81.2 Å². The molecular weight excluding hydrogens is 318 g/mol. The van der Waals surface area contributed by atoms with Gasteiger partial charge in [-0.05, 0) is 30.0 Å². The van der Waals surface area contributed by atoms with E-state index in [0.29, 0.717) is 42.8 Å². The molecule has 0 saturated carbocycles. The van der Waals surface area contributed by atoms with Crippen molar-refractivity contribution >= 4 is 5.91 Å². The number of nitrogens with one attached hydrogen (secondary N) is 1. The Morgan fingerprint density at radius 1 is 1.20 bits per heavy atom. The zero-order chi connectivity index (χ0) is 17.5. The smallest absolute Gasteiger partial charge is 0.238 e. The fourth-order valence-corrected chi connectivity index (χ4v) is 2.55. The first-order valence-corrected chi connectivity index (χ1v) is 8.40. The maximum atomic E-state index is 12.0. The van der Waals surface area contributed by atoms with Crippen molar-refractivity contribution < 1.29 is 13.7 Å². The minimum Gasteiger partial charge on any atom is -0.461 e. The van der Waals surface area contributed by atoms with E-state index < -0.39 is 0 Å². The van der Waals surface area contributed by atoms with Gasteiger partial charge in [0.25, 0.3) is 0 Å². The molecule has 1 amide bonds. The maximum Gasteiger partial charge on any atom is 0.238 e. The van der Waals surface area contributed by atoms with Crippen LogP contribution in [0.4, 0.5) is 0 Å². The van der Waals surface area contributed by atoms with E-state index in [1.807, 2.05) is 18.2 Å².